The zero-order valence-corrected chi connectivity index (χ0v) is 9.45. The lowest BCUT2D eigenvalue weighted by Crippen LogP contribution is -2.32. The molecule has 0 aliphatic rings. The van der Waals surface area contributed by atoms with E-state index in [-0.39, 0.29) is 5.97 Å². The summed E-state index contributed by atoms with van der Waals surface area (Å²) in [6.45, 7) is 12.3. The molecule has 0 N–H and O–H groups in total. The second kappa shape index (κ2) is 7.56. The summed E-state index contributed by atoms with van der Waals surface area (Å²) in [7, 11) is 0. The third kappa shape index (κ3) is 5.75. The second-order valence-corrected chi connectivity index (χ2v) is 3.45. The second-order valence-electron chi connectivity index (χ2n) is 3.45. The van der Waals surface area contributed by atoms with Gasteiger partial charge in [0.1, 0.15) is 0 Å². The van der Waals surface area contributed by atoms with Crippen LogP contribution in [-0.4, -0.2) is 36.6 Å². The van der Waals surface area contributed by atoms with Gasteiger partial charge in [0, 0.05) is 18.7 Å². The van der Waals surface area contributed by atoms with Crippen LogP contribution in [0.15, 0.2) is 12.7 Å². The van der Waals surface area contributed by atoms with Crippen LogP contribution in [0.25, 0.3) is 0 Å². The van der Waals surface area contributed by atoms with Crippen LogP contribution in [0.4, 0.5) is 0 Å². The predicted octanol–water partition coefficient (Wildman–Crippen LogP) is 1.84. The van der Waals surface area contributed by atoms with Gasteiger partial charge >= 0.3 is 5.97 Å². The Morgan fingerprint density at radius 3 is 2.64 bits per heavy atom. The van der Waals surface area contributed by atoms with Crippen molar-refractivity contribution in [1.82, 2.24) is 4.90 Å². The topological polar surface area (TPSA) is 29.5 Å². The number of carbonyl (C=O) groups is 1. The van der Waals surface area contributed by atoms with Crippen molar-refractivity contribution < 1.29 is 9.53 Å². The van der Waals surface area contributed by atoms with Crippen LogP contribution in [-0.2, 0) is 9.53 Å². The standard InChI is InChI=1S/C11H21NO2/c1-5-11(13)14-9-7-8-12(6-2)10(3)4/h5,10H,1,6-9H2,2-4H3. The molecule has 0 unspecified atom stereocenters. The van der Waals surface area contributed by atoms with Crippen LogP contribution in [0.2, 0.25) is 0 Å². The first kappa shape index (κ1) is 13.2. The van der Waals surface area contributed by atoms with Crippen LogP contribution >= 0.6 is 0 Å². The van der Waals surface area contributed by atoms with Crippen molar-refractivity contribution in [3.8, 4) is 0 Å². The molecule has 0 aromatic carbocycles. The molecule has 0 radical (unpaired) electrons. The van der Waals surface area contributed by atoms with Gasteiger partial charge in [-0.2, -0.15) is 0 Å². The molecule has 0 atom stereocenters. The number of hydrogen-bond acceptors (Lipinski definition) is 3. The van der Waals surface area contributed by atoms with Gasteiger partial charge in [-0.1, -0.05) is 13.5 Å². The predicted molar refractivity (Wildman–Crippen MR) is 58.2 cm³/mol. The summed E-state index contributed by atoms with van der Waals surface area (Å²) in [4.78, 5) is 13.0. The maximum absolute atomic E-state index is 10.7. The van der Waals surface area contributed by atoms with Crippen molar-refractivity contribution >= 4 is 5.97 Å². The van der Waals surface area contributed by atoms with Crippen LogP contribution in [0.1, 0.15) is 27.2 Å². The fourth-order valence-corrected chi connectivity index (χ4v) is 1.28. The van der Waals surface area contributed by atoms with Crippen molar-refractivity contribution in [3.63, 3.8) is 0 Å². The zero-order valence-electron chi connectivity index (χ0n) is 9.45. The molecule has 0 fully saturated rings. The van der Waals surface area contributed by atoms with E-state index < -0.39 is 0 Å². The minimum absolute atomic E-state index is 0.336. The molecular weight excluding hydrogens is 178 g/mol. The van der Waals surface area contributed by atoms with Gasteiger partial charge in [-0.25, -0.2) is 4.79 Å². The molecule has 14 heavy (non-hydrogen) atoms. The molecule has 82 valence electrons. The van der Waals surface area contributed by atoms with Gasteiger partial charge in [0.05, 0.1) is 6.61 Å². The van der Waals surface area contributed by atoms with E-state index in [0.29, 0.717) is 12.6 Å². The highest BCUT2D eigenvalue weighted by Gasteiger charge is 2.06. The molecule has 0 aliphatic carbocycles. The summed E-state index contributed by atoms with van der Waals surface area (Å²) in [6, 6.07) is 0.551. The van der Waals surface area contributed by atoms with Crippen molar-refractivity contribution in [2.45, 2.75) is 33.2 Å². The van der Waals surface area contributed by atoms with Gasteiger partial charge in [0.15, 0.2) is 0 Å². The normalized spacial score (nSPS) is 10.6. The molecule has 0 heterocycles. The monoisotopic (exact) mass is 199 g/mol. The summed E-state index contributed by atoms with van der Waals surface area (Å²) < 4.78 is 4.88. The van der Waals surface area contributed by atoms with Crippen molar-refractivity contribution in [3.05, 3.63) is 12.7 Å². The molecule has 0 aliphatic heterocycles. The molecule has 3 heteroatoms. The third-order valence-corrected chi connectivity index (χ3v) is 2.14. The fourth-order valence-electron chi connectivity index (χ4n) is 1.28. The number of rotatable bonds is 7. The van der Waals surface area contributed by atoms with Crippen molar-refractivity contribution in [1.29, 1.82) is 0 Å². The molecular formula is C11H21NO2. The largest absolute Gasteiger partial charge is 0.462 e. The quantitative estimate of drug-likeness (QED) is 0.356. The maximum atomic E-state index is 10.7. The molecule has 0 saturated carbocycles. The Balaban J connectivity index is 3.51. The Kier molecular flexibility index (Phi) is 7.11. The average Bonchev–Trinajstić information content (AvgIpc) is 2.16. The van der Waals surface area contributed by atoms with Gasteiger partial charge in [-0.3, -0.25) is 0 Å². The number of ether oxygens (including phenoxy) is 1. The molecule has 0 spiro atoms. The Hall–Kier alpha value is -0.830. The molecule has 0 amide bonds. The summed E-state index contributed by atoms with van der Waals surface area (Å²) in [5.74, 6) is -0.336. The molecule has 0 saturated heterocycles. The smallest absolute Gasteiger partial charge is 0.330 e. The van der Waals surface area contributed by atoms with Crippen LogP contribution < -0.4 is 0 Å². The van der Waals surface area contributed by atoms with E-state index in [4.69, 9.17) is 4.74 Å². The first-order valence-corrected chi connectivity index (χ1v) is 5.15. The Morgan fingerprint density at radius 2 is 2.21 bits per heavy atom. The summed E-state index contributed by atoms with van der Waals surface area (Å²) in [5.41, 5.74) is 0. The summed E-state index contributed by atoms with van der Waals surface area (Å²) in [6.07, 6.45) is 2.08. The number of carbonyl (C=O) groups excluding carboxylic acids is 1. The van der Waals surface area contributed by atoms with Gasteiger partial charge in [-0.15, -0.1) is 0 Å². The Bertz CT molecular complexity index is 178. The average molecular weight is 199 g/mol. The van der Waals surface area contributed by atoms with Crippen LogP contribution in [0.5, 0.6) is 0 Å². The lowest BCUT2D eigenvalue weighted by Gasteiger charge is -2.24. The van der Waals surface area contributed by atoms with Gasteiger partial charge < -0.3 is 9.64 Å². The molecule has 3 nitrogen and oxygen atoms in total. The summed E-state index contributed by atoms with van der Waals surface area (Å²) in [5, 5.41) is 0. The van der Waals surface area contributed by atoms with E-state index in [0.717, 1.165) is 19.5 Å². The van der Waals surface area contributed by atoms with E-state index in [2.05, 4.69) is 32.3 Å². The van der Waals surface area contributed by atoms with Crippen molar-refractivity contribution in [2.75, 3.05) is 19.7 Å². The highest BCUT2D eigenvalue weighted by molar-refractivity contribution is 5.81. The lowest BCUT2D eigenvalue weighted by atomic mass is 10.3. The minimum atomic E-state index is -0.336. The Morgan fingerprint density at radius 1 is 1.57 bits per heavy atom. The summed E-state index contributed by atoms with van der Waals surface area (Å²) >= 11 is 0. The van der Waals surface area contributed by atoms with E-state index >= 15 is 0 Å². The first-order valence-electron chi connectivity index (χ1n) is 5.15. The van der Waals surface area contributed by atoms with E-state index in [9.17, 15) is 4.79 Å². The zero-order chi connectivity index (χ0) is 11.0. The third-order valence-electron chi connectivity index (χ3n) is 2.14. The number of nitrogens with zero attached hydrogens (tertiary/aromatic N) is 1. The number of esters is 1. The van der Waals surface area contributed by atoms with E-state index in [1.807, 2.05) is 0 Å². The maximum Gasteiger partial charge on any atom is 0.330 e. The van der Waals surface area contributed by atoms with Crippen LogP contribution in [0.3, 0.4) is 0 Å². The van der Waals surface area contributed by atoms with E-state index in [1.54, 1.807) is 0 Å². The molecule has 0 rings (SSSR count). The fraction of sp³-hybridized carbons (Fsp3) is 0.727. The highest BCUT2D eigenvalue weighted by Crippen LogP contribution is 1.99. The molecule has 0 bridgehead atoms. The van der Waals surface area contributed by atoms with Gasteiger partial charge in [0.25, 0.3) is 0 Å². The Labute approximate surface area is 86.7 Å². The SMILES string of the molecule is C=CC(=O)OCCCN(CC)C(C)C. The van der Waals surface area contributed by atoms with Gasteiger partial charge in [-0.05, 0) is 26.8 Å². The van der Waals surface area contributed by atoms with Crippen molar-refractivity contribution in [2.24, 2.45) is 0 Å². The van der Waals surface area contributed by atoms with Crippen LogP contribution in [0, 0.1) is 0 Å². The molecule has 0 aromatic heterocycles. The van der Waals surface area contributed by atoms with E-state index in [1.165, 1.54) is 6.08 Å². The lowest BCUT2D eigenvalue weighted by molar-refractivity contribution is -0.137. The number of hydrogen-bond donors (Lipinski definition) is 0. The van der Waals surface area contributed by atoms with Gasteiger partial charge in [0.2, 0.25) is 0 Å². The molecule has 0 aromatic rings. The highest BCUT2D eigenvalue weighted by atomic mass is 16.5. The minimum Gasteiger partial charge on any atom is -0.462 e. The first-order chi connectivity index (χ1) is 6.61.